The molecule has 0 unspecified atom stereocenters. The summed E-state index contributed by atoms with van der Waals surface area (Å²) in [5.41, 5.74) is 0.911. The van der Waals surface area contributed by atoms with Crippen molar-refractivity contribution >= 4 is 27.5 Å². The first kappa shape index (κ1) is 18.3. The lowest BCUT2D eigenvalue weighted by atomic mass is 10.1. The van der Waals surface area contributed by atoms with Crippen molar-refractivity contribution < 1.29 is 4.79 Å². The number of piperazine rings is 1. The molecule has 3 rings (SSSR count). The molecule has 1 fully saturated rings. The maximum atomic E-state index is 12.4. The predicted octanol–water partition coefficient (Wildman–Crippen LogP) is 2.72. The van der Waals surface area contributed by atoms with Crippen LogP contribution in [-0.4, -0.2) is 58.5 Å². The van der Waals surface area contributed by atoms with E-state index in [9.17, 15) is 4.79 Å². The van der Waals surface area contributed by atoms with Crippen molar-refractivity contribution in [3.63, 3.8) is 0 Å². The molecule has 1 aliphatic rings. The monoisotopic (exact) mass is 360 g/mol. The molecule has 136 valence electrons. The van der Waals surface area contributed by atoms with Gasteiger partial charge in [-0.15, -0.1) is 11.3 Å². The molecule has 0 radical (unpaired) electrons. The van der Waals surface area contributed by atoms with Gasteiger partial charge in [-0.3, -0.25) is 14.6 Å². The molecule has 2 aromatic rings. The zero-order valence-electron chi connectivity index (χ0n) is 15.6. The second-order valence-corrected chi connectivity index (χ2v) is 8.92. The average molecular weight is 361 g/mol. The largest absolute Gasteiger partial charge is 0.350 e. The van der Waals surface area contributed by atoms with E-state index < -0.39 is 0 Å². The first-order chi connectivity index (χ1) is 11.8. The highest BCUT2D eigenvalue weighted by Crippen LogP contribution is 2.23. The molecule has 1 aromatic heterocycles. The first-order valence-electron chi connectivity index (χ1n) is 8.95. The Morgan fingerprint density at radius 1 is 1.24 bits per heavy atom. The molecule has 0 bridgehead atoms. The van der Waals surface area contributed by atoms with Gasteiger partial charge in [0, 0.05) is 31.7 Å². The molecule has 2 heterocycles. The SMILES string of the molecule is C[C@H](C(=O)NC(C)(C)C)N1CCN(Cc2nc3ccccc3s2)CC1. The minimum atomic E-state index is -0.181. The number of nitrogens with zero attached hydrogens (tertiary/aromatic N) is 3. The lowest BCUT2D eigenvalue weighted by Gasteiger charge is -2.38. The van der Waals surface area contributed by atoms with Crippen molar-refractivity contribution in [1.29, 1.82) is 0 Å². The Bertz CT molecular complexity index is 695. The van der Waals surface area contributed by atoms with Crippen LogP contribution in [0.4, 0.5) is 0 Å². The minimum Gasteiger partial charge on any atom is -0.350 e. The fourth-order valence-corrected chi connectivity index (χ4v) is 4.14. The number of rotatable bonds is 4. The number of benzene rings is 1. The van der Waals surface area contributed by atoms with E-state index in [2.05, 4.69) is 33.3 Å². The number of thiazole rings is 1. The molecule has 1 amide bonds. The average Bonchev–Trinajstić information content (AvgIpc) is 2.95. The fraction of sp³-hybridized carbons (Fsp3) is 0.579. The van der Waals surface area contributed by atoms with E-state index in [1.54, 1.807) is 11.3 Å². The van der Waals surface area contributed by atoms with E-state index in [1.165, 1.54) is 9.71 Å². The normalized spacial score (nSPS) is 18.4. The van der Waals surface area contributed by atoms with Gasteiger partial charge < -0.3 is 5.32 Å². The number of hydrogen-bond donors (Lipinski definition) is 1. The van der Waals surface area contributed by atoms with E-state index in [-0.39, 0.29) is 17.5 Å². The highest BCUT2D eigenvalue weighted by molar-refractivity contribution is 7.18. The Hall–Kier alpha value is -1.50. The van der Waals surface area contributed by atoms with Crippen molar-refractivity contribution in [3.8, 4) is 0 Å². The topological polar surface area (TPSA) is 48.5 Å². The molecule has 0 saturated carbocycles. The third-order valence-electron chi connectivity index (χ3n) is 4.53. The highest BCUT2D eigenvalue weighted by Gasteiger charge is 2.27. The summed E-state index contributed by atoms with van der Waals surface area (Å²) in [6, 6.07) is 8.22. The molecular weight excluding hydrogens is 332 g/mol. The molecule has 1 N–H and O–H groups in total. The van der Waals surface area contributed by atoms with Gasteiger partial charge >= 0.3 is 0 Å². The van der Waals surface area contributed by atoms with Crippen LogP contribution in [0.5, 0.6) is 0 Å². The number of hydrogen-bond acceptors (Lipinski definition) is 5. The number of carbonyl (C=O) groups is 1. The molecule has 1 aromatic carbocycles. The van der Waals surface area contributed by atoms with Crippen LogP contribution in [0.25, 0.3) is 10.2 Å². The van der Waals surface area contributed by atoms with Crippen LogP contribution in [0.1, 0.15) is 32.7 Å². The number of nitrogens with one attached hydrogen (secondary N) is 1. The molecular formula is C19H28N4OS. The van der Waals surface area contributed by atoms with Gasteiger partial charge in [0.1, 0.15) is 5.01 Å². The van der Waals surface area contributed by atoms with Crippen LogP contribution in [0.15, 0.2) is 24.3 Å². The van der Waals surface area contributed by atoms with Gasteiger partial charge in [0.05, 0.1) is 22.8 Å². The lowest BCUT2D eigenvalue weighted by molar-refractivity contribution is -0.128. The van der Waals surface area contributed by atoms with E-state index in [0.29, 0.717) is 0 Å². The van der Waals surface area contributed by atoms with E-state index >= 15 is 0 Å². The predicted molar refractivity (Wildman–Crippen MR) is 104 cm³/mol. The van der Waals surface area contributed by atoms with E-state index in [4.69, 9.17) is 4.98 Å². The summed E-state index contributed by atoms with van der Waals surface area (Å²) in [6.07, 6.45) is 0. The van der Waals surface area contributed by atoms with Gasteiger partial charge in [0.25, 0.3) is 0 Å². The van der Waals surface area contributed by atoms with Gasteiger partial charge in [0.2, 0.25) is 5.91 Å². The zero-order chi connectivity index (χ0) is 18.0. The molecule has 5 nitrogen and oxygen atoms in total. The van der Waals surface area contributed by atoms with Crippen molar-refractivity contribution in [2.75, 3.05) is 26.2 Å². The summed E-state index contributed by atoms with van der Waals surface area (Å²) in [5, 5.41) is 4.25. The van der Waals surface area contributed by atoms with Gasteiger partial charge in [-0.2, -0.15) is 0 Å². The van der Waals surface area contributed by atoms with Crippen molar-refractivity contribution in [2.24, 2.45) is 0 Å². The van der Waals surface area contributed by atoms with E-state index in [0.717, 1.165) is 38.2 Å². The van der Waals surface area contributed by atoms with Crippen LogP contribution in [0.2, 0.25) is 0 Å². The Morgan fingerprint density at radius 3 is 2.56 bits per heavy atom. The Balaban J connectivity index is 1.52. The molecule has 6 heteroatoms. The van der Waals surface area contributed by atoms with Gasteiger partial charge in [-0.05, 0) is 39.8 Å². The number of amides is 1. The number of aromatic nitrogens is 1. The third-order valence-corrected chi connectivity index (χ3v) is 5.55. The van der Waals surface area contributed by atoms with Crippen molar-refractivity contribution in [2.45, 2.75) is 45.8 Å². The second-order valence-electron chi connectivity index (χ2n) is 7.80. The Kier molecular flexibility index (Phi) is 5.41. The molecule has 0 aliphatic carbocycles. The summed E-state index contributed by atoms with van der Waals surface area (Å²) in [5.74, 6) is 0.118. The van der Waals surface area contributed by atoms with Gasteiger partial charge in [-0.1, -0.05) is 12.1 Å². The maximum absolute atomic E-state index is 12.4. The summed E-state index contributed by atoms with van der Waals surface area (Å²) in [4.78, 5) is 21.8. The summed E-state index contributed by atoms with van der Waals surface area (Å²) >= 11 is 1.78. The summed E-state index contributed by atoms with van der Waals surface area (Å²) in [7, 11) is 0. The Labute approximate surface area is 154 Å². The molecule has 1 saturated heterocycles. The molecule has 1 atom stereocenters. The first-order valence-corrected chi connectivity index (χ1v) is 9.76. The van der Waals surface area contributed by atoms with Gasteiger partial charge in [-0.25, -0.2) is 4.98 Å². The van der Waals surface area contributed by atoms with Crippen LogP contribution in [0, 0.1) is 0 Å². The highest BCUT2D eigenvalue weighted by atomic mass is 32.1. The number of carbonyl (C=O) groups excluding carboxylic acids is 1. The summed E-state index contributed by atoms with van der Waals surface area (Å²) in [6.45, 7) is 12.8. The third kappa shape index (κ3) is 4.77. The number of fused-ring (bicyclic) bond motifs is 1. The fourth-order valence-electron chi connectivity index (χ4n) is 3.13. The quantitative estimate of drug-likeness (QED) is 0.911. The van der Waals surface area contributed by atoms with Crippen molar-refractivity contribution in [3.05, 3.63) is 29.3 Å². The van der Waals surface area contributed by atoms with Crippen LogP contribution < -0.4 is 5.32 Å². The molecule has 1 aliphatic heterocycles. The smallest absolute Gasteiger partial charge is 0.237 e. The summed E-state index contributed by atoms with van der Waals surface area (Å²) < 4.78 is 1.25. The standard InChI is InChI=1S/C19H28N4OS/c1-14(18(24)21-19(2,3)4)23-11-9-22(10-12-23)13-17-20-15-7-5-6-8-16(15)25-17/h5-8,14H,9-13H2,1-4H3,(H,21,24)/t14-/m1/s1. The van der Waals surface area contributed by atoms with Crippen LogP contribution in [-0.2, 0) is 11.3 Å². The Morgan fingerprint density at radius 2 is 1.92 bits per heavy atom. The van der Waals surface area contributed by atoms with E-state index in [1.807, 2.05) is 33.8 Å². The molecule has 25 heavy (non-hydrogen) atoms. The van der Waals surface area contributed by atoms with Gasteiger partial charge in [0.15, 0.2) is 0 Å². The molecule has 0 spiro atoms. The minimum absolute atomic E-state index is 0.0798. The second kappa shape index (κ2) is 7.40. The van der Waals surface area contributed by atoms with Crippen molar-refractivity contribution in [1.82, 2.24) is 20.1 Å². The van der Waals surface area contributed by atoms with Crippen LogP contribution >= 0.6 is 11.3 Å². The lowest BCUT2D eigenvalue weighted by Crippen LogP contribution is -2.56. The maximum Gasteiger partial charge on any atom is 0.237 e. The van der Waals surface area contributed by atoms with Crippen LogP contribution in [0.3, 0.4) is 0 Å². The zero-order valence-corrected chi connectivity index (χ0v) is 16.4. The number of para-hydroxylation sites is 1.